The fourth-order valence-electron chi connectivity index (χ4n) is 3.92. The highest BCUT2D eigenvalue weighted by atomic mass is 16.5. The number of benzene rings is 1. The van der Waals surface area contributed by atoms with E-state index in [1.165, 1.54) is 14.2 Å². The molecule has 0 N–H and O–H groups in total. The van der Waals surface area contributed by atoms with Gasteiger partial charge in [-0.2, -0.15) is 0 Å². The molecule has 0 amide bonds. The smallest absolute Gasteiger partial charge is 0.339 e. The van der Waals surface area contributed by atoms with E-state index < -0.39 is 11.9 Å². The fraction of sp³-hybridized carbons (Fsp3) is 0.185. The van der Waals surface area contributed by atoms with Crippen LogP contribution >= 0.6 is 0 Å². The van der Waals surface area contributed by atoms with E-state index in [1.807, 2.05) is 75.4 Å². The number of carbonyl (C=O) groups is 2. The summed E-state index contributed by atoms with van der Waals surface area (Å²) >= 11 is 0. The molecule has 1 aromatic carbocycles. The molecule has 0 fully saturated rings. The highest BCUT2D eigenvalue weighted by molar-refractivity contribution is 6.07. The normalized spacial score (nSPS) is 16.5. The van der Waals surface area contributed by atoms with Gasteiger partial charge >= 0.3 is 11.9 Å². The summed E-state index contributed by atoms with van der Waals surface area (Å²) in [4.78, 5) is 25.5. The highest BCUT2D eigenvalue weighted by Gasteiger charge is 2.31. The summed E-state index contributed by atoms with van der Waals surface area (Å²) in [5.41, 5.74) is 6.79. The molecule has 2 aliphatic carbocycles. The van der Waals surface area contributed by atoms with Gasteiger partial charge in [-0.05, 0) is 54.7 Å². The van der Waals surface area contributed by atoms with Gasteiger partial charge in [0.15, 0.2) is 0 Å². The van der Waals surface area contributed by atoms with Crippen LogP contribution in [0.25, 0.3) is 6.08 Å². The van der Waals surface area contributed by atoms with Gasteiger partial charge < -0.3 is 9.47 Å². The molecule has 3 rings (SSSR count). The van der Waals surface area contributed by atoms with Gasteiger partial charge in [0.25, 0.3) is 0 Å². The van der Waals surface area contributed by atoms with Crippen molar-refractivity contribution < 1.29 is 19.1 Å². The van der Waals surface area contributed by atoms with Gasteiger partial charge in [-0.3, -0.25) is 0 Å². The Kier molecular flexibility index (Phi) is 6.71. The summed E-state index contributed by atoms with van der Waals surface area (Å²) in [6, 6.07) is 9.96. The van der Waals surface area contributed by atoms with E-state index in [-0.39, 0.29) is 11.1 Å². The van der Waals surface area contributed by atoms with E-state index >= 15 is 0 Å². The topological polar surface area (TPSA) is 52.6 Å². The maximum atomic E-state index is 12.9. The highest BCUT2D eigenvalue weighted by Crippen LogP contribution is 2.39. The number of hydrogen-bond donors (Lipinski definition) is 0. The van der Waals surface area contributed by atoms with Crippen LogP contribution in [0.15, 0.2) is 105 Å². The second kappa shape index (κ2) is 9.43. The summed E-state index contributed by atoms with van der Waals surface area (Å²) in [5, 5.41) is 0. The van der Waals surface area contributed by atoms with Crippen molar-refractivity contribution in [3.05, 3.63) is 111 Å². The van der Waals surface area contributed by atoms with Crippen LogP contribution in [-0.4, -0.2) is 26.2 Å². The number of hydrogen-bond acceptors (Lipinski definition) is 4. The van der Waals surface area contributed by atoms with Crippen LogP contribution in [0.2, 0.25) is 0 Å². The van der Waals surface area contributed by atoms with Crippen LogP contribution < -0.4 is 0 Å². The lowest BCUT2D eigenvalue weighted by atomic mass is 9.86. The molecule has 0 bridgehead atoms. The van der Waals surface area contributed by atoms with Crippen molar-refractivity contribution in [3.63, 3.8) is 0 Å². The number of fused-ring (bicyclic) bond motifs is 1. The predicted molar refractivity (Wildman–Crippen MR) is 123 cm³/mol. The summed E-state index contributed by atoms with van der Waals surface area (Å²) < 4.78 is 10.1. The Balaban J connectivity index is 2.35. The standard InChI is InChI=1S/C27H26O4/c1-17-15-18(2)23-21(12-11-20-9-7-6-8-10-20)13-14-22(26(28)30-4)25(27(29)31-5)24(23)19(3)16-17/h6-16H,1-5H3. The molecular weight excluding hydrogens is 388 g/mol. The lowest BCUT2D eigenvalue weighted by Crippen LogP contribution is -2.17. The van der Waals surface area contributed by atoms with Crippen LogP contribution in [0.4, 0.5) is 0 Å². The van der Waals surface area contributed by atoms with Crippen LogP contribution in [0, 0.1) is 0 Å². The van der Waals surface area contributed by atoms with E-state index in [0.717, 1.165) is 33.4 Å². The first-order chi connectivity index (χ1) is 14.9. The Morgan fingerprint density at radius 2 is 1.48 bits per heavy atom. The predicted octanol–water partition coefficient (Wildman–Crippen LogP) is 5.43. The molecule has 4 nitrogen and oxygen atoms in total. The Labute approximate surface area is 183 Å². The van der Waals surface area contributed by atoms with Gasteiger partial charge in [-0.25, -0.2) is 9.59 Å². The Morgan fingerprint density at radius 1 is 0.806 bits per heavy atom. The van der Waals surface area contributed by atoms with Gasteiger partial charge in [0.05, 0.1) is 25.4 Å². The van der Waals surface area contributed by atoms with Gasteiger partial charge in [-0.15, -0.1) is 0 Å². The number of ether oxygens (including phenoxy) is 2. The molecule has 0 spiro atoms. The van der Waals surface area contributed by atoms with Gasteiger partial charge in [0.2, 0.25) is 0 Å². The quantitative estimate of drug-likeness (QED) is 0.617. The first-order valence-electron chi connectivity index (χ1n) is 10.0. The first-order valence-corrected chi connectivity index (χ1v) is 10.0. The molecule has 0 heterocycles. The maximum absolute atomic E-state index is 12.9. The van der Waals surface area contributed by atoms with Crippen molar-refractivity contribution >= 4 is 18.0 Å². The van der Waals surface area contributed by atoms with Crippen molar-refractivity contribution in [2.24, 2.45) is 0 Å². The summed E-state index contributed by atoms with van der Waals surface area (Å²) in [6.45, 7) is 5.96. The van der Waals surface area contributed by atoms with Crippen molar-refractivity contribution in [2.45, 2.75) is 20.8 Å². The maximum Gasteiger partial charge on any atom is 0.339 e. The molecule has 31 heavy (non-hydrogen) atoms. The van der Waals surface area contributed by atoms with Crippen LogP contribution in [0.3, 0.4) is 0 Å². The third-order valence-electron chi connectivity index (χ3n) is 5.21. The van der Waals surface area contributed by atoms with E-state index in [9.17, 15) is 9.59 Å². The SMILES string of the molecule is COC(=O)C1=C(C(=O)OC)C2=C(C)C=C(C)C=C(C)C2=C(C=Cc2ccccc2)C=C1. The minimum absolute atomic E-state index is 0.171. The number of allylic oxidation sites excluding steroid dienone is 9. The molecule has 1 aromatic rings. The fourth-order valence-corrected chi connectivity index (χ4v) is 3.92. The number of rotatable bonds is 4. The molecule has 0 saturated carbocycles. The van der Waals surface area contributed by atoms with Crippen molar-refractivity contribution in [1.29, 1.82) is 0 Å². The monoisotopic (exact) mass is 414 g/mol. The lowest BCUT2D eigenvalue weighted by Gasteiger charge is -2.18. The van der Waals surface area contributed by atoms with Crippen molar-refractivity contribution in [2.75, 3.05) is 14.2 Å². The third kappa shape index (κ3) is 4.58. The zero-order chi connectivity index (χ0) is 22.5. The van der Waals surface area contributed by atoms with Crippen LogP contribution in [0.1, 0.15) is 26.3 Å². The largest absolute Gasteiger partial charge is 0.465 e. The molecular formula is C27H26O4. The van der Waals surface area contributed by atoms with Gasteiger partial charge in [0, 0.05) is 5.57 Å². The summed E-state index contributed by atoms with van der Waals surface area (Å²) in [5.74, 6) is -1.16. The molecule has 0 atom stereocenters. The van der Waals surface area contributed by atoms with Crippen molar-refractivity contribution in [1.82, 2.24) is 0 Å². The van der Waals surface area contributed by atoms with E-state index in [1.54, 1.807) is 6.08 Å². The first kappa shape index (κ1) is 22.0. The molecule has 0 radical (unpaired) electrons. The number of methoxy groups -OCH3 is 2. The van der Waals surface area contributed by atoms with Crippen LogP contribution in [0.5, 0.6) is 0 Å². The second-order valence-corrected chi connectivity index (χ2v) is 7.45. The van der Waals surface area contributed by atoms with Crippen LogP contribution in [-0.2, 0) is 19.1 Å². The summed E-state index contributed by atoms with van der Waals surface area (Å²) in [7, 11) is 2.62. The third-order valence-corrected chi connectivity index (χ3v) is 5.21. The average Bonchev–Trinajstić information content (AvgIpc) is 3.00. The number of esters is 2. The van der Waals surface area contributed by atoms with Gasteiger partial charge in [0.1, 0.15) is 0 Å². The zero-order valence-electron chi connectivity index (χ0n) is 18.5. The minimum Gasteiger partial charge on any atom is -0.465 e. The lowest BCUT2D eigenvalue weighted by molar-refractivity contribution is -0.138. The molecule has 0 aliphatic heterocycles. The molecule has 0 unspecified atom stereocenters. The van der Waals surface area contributed by atoms with E-state index in [4.69, 9.17) is 9.47 Å². The molecule has 158 valence electrons. The second-order valence-electron chi connectivity index (χ2n) is 7.45. The average molecular weight is 415 g/mol. The van der Waals surface area contributed by atoms with Gasteiger partial charge in [-0.1, -0.05) is 66.3 Å². The molecule has 2 aliphatic rings. The Hall–Kier alpha value is -3.66. The van der Waals surface area contributed by atoms with E-state index in [0.29, 0.717) is 5.57 Å². The van der Waals surface area contributed by atoms with Crippen molar-refractivity contribution in [3.8, 4) is 0 Å². The minimum atomic E-state index is -0.587. The molecule has 0 aromatic heterocycles. The molecule has 4 heteroatoms. The summed E-state index contributed by atoms with van der Waals surface area (Å²) in [6.07, 6.45) is 11.6. The Morgan fingerprint density at radius 3 is 2.13 bits per heavy atom. The number of carbonyl (C=O) groups excluding carboxylic acids is 2. The van der Waals surface area contributed by atoms with E-state index in [2.05, 4.69) is 6.08 Å². The Bertz CT molecular complexity index is 1130. The zero-order valence-corrected chi connectivity index (χ0v) is 18.5. The molecule has 0 saturated heterocycles.